The van der Waals surface area contributed by atoms with Gasteiger partial charge < -0.3 is 10.4 Å². The first-order chi connectivity index (χ1) is 11.9. The van der Waals surface area contributed by atoms with Crippen LogP contribution in [0.4, 0.5) is 14.5 Å². The Labute approximate surface area is 151 Å². The molecular weight excluding hydrogens is 372 g/mol. The third-order valence-electron chi connectivity index (χ3n) is 3.77. The van der Waals surface area contributed by atoms with Crippen molar-refractivity contribution >= 4 is 40.9 Å². The van der Waals surface area contributed by atoms with Gasteiger partial charge in [-0.3, -0.25) is 9.59 Å². The Hall–Kier alpha value is -2.12. The normalized spacial score (nSPS) is 19.7. The summed E-state index contributed by atoms with van der Waals surface area (Å²) in [6.07, 6.45) is -0.439. The van der Waals surface area contributed by atoms with Crippen LogP contribution in [0.1, 0.15) is 22.8 Å². The van der Waals surface area contributed by atoms with Crippen LogP contribution in [-0.2, 0) is 9.59 Å². The standard InChI is InChI=1S/C17H12ClF2NO3S/c18-8-4-5-12-10(6-8)16(9-2-1-3-11(19)15(9)20)25-13(7-14(22)23)17(24)21-12/h1-6,13,16H,7H2,(H,21,24)(H,22,23)/t13-,16-/m0/s1. The molecule has 1 aliphatic heterocycles. The second-order valence-corrected chi connectivity index (χ2v) is 7.22. The van der Waals surface area contributed by atoms with Gasteiger partial charge in [-0.15, -0.1) is 11.8 Å². The molecule has 1 aliphatic rings. The van der Waals surface area contributed by atoms with E-state index in [-0.39, 0.29) is 5.56 Å². The number of aliphatic carboxylic acids is 1. The molecule has 0 saturated carbocycles. The Bertz CT molecular complexity index is 862. The van der Waals surface area contributed by atoms with Gasteiger partial charge in [0.05, 0.1) is 16.9 Å². The van der Waals surface area contributed by atoms with Crippen LogP contribution in [-0.4, -0.2) is 22.2 Å². The predicted molar refractivity (Wildman–Crippen MR) is 91.9 cm³/mol. The summed E-state index contributed by atoms with van der Waals surface area (Å²) < 4.78 is 28.0. The molecule has 1 heterocycles. The highest BCUT2D eigenvalue weighted by Crippen LogP contribution is 2.46. The zero-order chi connectivity index (χ0) is 18.1. The number of benzene rings is 2. The van der Waals surface area contributed by atoms with Crippen molar-refractivity contribution in [1.29, 1.82) is 0 Å². The summed E-state index contributed by atoms with van der Waals surface area (Å²) in [5, 5.41) is 10.3. The molecule has 0 fully saturated rings. The number of carboxylic acids is 1. The van der Waals surface area contributed by atoms with Gasteiger partial charge in [0.15, 0.2) is 11.6 Å². The summed E-state index contributed by atoms with van der Waals surface area (Å²) in [5.74, 6) is -3.71. The molecule has 0 saturated heterocycles. The third-order valence-corrected chi connectivity index (χ3v) is 5.50. The summed E-state index contributed by atoms with van der Waals surface area (Å²) in [4.78, 5) is 23.4. The van der Waals surface area contributed by atoms with Crippen molar-refractivity contribution in [3.63, 3.8) is 0 Å². The average Bonchev–Trinajstić information content (AvgIpc) is 2.67. The summed E-state index contributed by atoms with van der Waals surface area (Å²) in [7, 11) is 0. The van der Waals surface area contributed by atoms with E-state index in [1.165, 1.54) is 12.1 Å². The first kappa shape index (κ1) is 17.7. The Morgan fingerprint density at radius 1 is 1.24 bits per heavy atom. The molecule has 0 bridgehead atoms. The van der Waals surface area contributed by atoms with Crippen molar-refractivity contribution in [1.82, 2.24) is 0 Å². The maximum absolute atomic E-state index is 14.4. The minimum absolute atomic E-state index is 0.0282. The summed E-state index contributed by atoms with van der Waals surface area (Å²) in [6.45, 7) is 0. The Morgan fingerprint density at radius 2 is 2.00 bits per heavy atom. The molecule has 130 valence electrons. The lowest BCUT2D eigenvalue weighted by Crippen LogP contribution is -2.26. The molecule has 0 aromatic heterocycles. The van der Waals surface area contributed by atoms with E-state index in [9.17, 15) is 18.4 Å². The van der Waals surface area contributed by atoms with Gasteiger partial charge >= 0.3 is 5.97 Å². The largest absolute Gasteiger partial charge is 0.481 e. The van der Waals surface area contributed by atoms with E-state index in [4.69, 9.17) is 16.7 Å². The topological polar surface area (TPSA) is 66.4 Å². The number of fused-ring (bicyclic) bond motifs is 1. The molecular formula is C17H12ClF2NO3S. The lowest BCUT2D eigenvalue weighted by molar-refractivity contribution is -0.138. The number of rotatable bonds is 3. The lowest BCUT2D eigenvalue weighted by Gasteiger charge is -2.20. The highest BCUT2D eigenvalue weighted by Gasteiger charge is 2.34. The number of hydrogen-bond acceptors (Lipinski definition) is 3. The molecule has 2 atom stereocenters. The number of halogens is 3. The fraction of sp³-hybridized carbons (Fsp3) is 0.176. The van der Waals surface area contributed by atoms with Gasteiger partial charge in [-0.1, -0.05) is 23.7 Å². The van der Waals surface area contributed by atoms with Gasteiger partial charge in [-0.05, 0) is 29.8 Å². The molecule has 0 aliphatic carbocycles. The van der Waals surface area contributed by atoms with Crippen molar-refractivity contribution < 1.29 is 23.5 Å². The number of carbonyl (C=O) groups excluding carboxylic acids is 1. The molecule has 8 heteroatoms. The second-order valence-electron chi connectivity index (χ2n) is 5.47. The van der Waals surface area contributed by atoms with Crippen LogP contribution in [0.3, 0.4) is 0 Å². The van der Waals surface area contributed by atoms with Crippen LogP contribution >= 0.6 is 23.4 Å². The number of amides is 1. The number of thioether (sulfide) groups is 1. The van der Waals surface area contributed by atoms with Gasteiger partial charge in [0.25, 0.3) is 0 Å². The second kappa shape index (κ2) is 7.01. The van der Waals surface area contributed by atoms with Crippen LogP contribution in [0, 0.1) is 11.6 Å². The minimum Gasteiger partial charge on any atom is -0.481 e. The van der Waals surface area contributed by atoms with E-state index < -0.39 is 40.4 Å². The van der Waals surface area contributed by atoms with E-state index in [1.54, 1.807) is 18.2 Å². The molecule has 25 heavy (non-hydrogen) atoms. The Kier molecular flexibility index (Phi) is 4.96. The predicted octanol–water partition coefficient (Wildman–Crippen LogP) is 4.24. The van der Waals surface area contributed by atoms with E-state index >= 15 is 0 Å². The first-order valence-corrected chi connectivity index (χ1v) is 8.60. The van der Waals surface area contributed by atoms with Gasteiger partial charge in [0.1, 0.15) is 0 Å². The molecule has 0 spiro atoms. The lowest BCUT2D eigenvalue weighted by atomic mass is 10.0. The van der Waals surface area contributed by atoms with Crippen LogP contribution in [0.15, 0.2) is 36.4 Å². The highest BCUT2D eigenvalue weighted by atomic mass is 35.5. The Balaban J connectivity index is 2.15. The SMILES string of the molecule is O=C(O)C[C@@H]1S[C@@H](c2cccc(F)c2F)c2cc(Cl)ccc2NC1=O. The number of carboxylic acid groups (broad SMARTS) is 1. The molecule has 4 nitrogen and oxygen atoms in total. The monoisotopic (exact) mass is 383 g/mol. The van der Waals surface area contributed by atoms with E-state index in [1.807, 2.05) is 0 Å². The van der Waals surface area contributed by atoms with Gasteiger partial charge in [-0.25, -0.2) is 8.78 Å². The summed E-state index contributed by atoms with van der Waals surface area (Å²) in [5.41, 5.74) is 0.909. The van der Waals surface area contributed by atoms with Crippen LogP contribution < -0.4 is 5.32 Å². The fourth-order valence-corrected chi connectivity index (χ4v) is 4.24. The molecule has 3 rings (SSSR count). The molecule has 2 aromatic rings. The third kappa shape index (κ3) is 3.62. The number of anilines is 1. The van der Waals surface area contributed by atoms with Crippen LogP contribution in [0.2, 0.25) is 5.02 Å². The van der Waals surface area contributed by atoms with Gasteiger partial charge in [-0.2, -0.15) is 0 Å². The zero-order valence-electron chi connectivity index (χ0n) is 12.6. The smallest absolute Gasteiger partial charge is 0.305 e. The van der Waals surface area contributed by atoms with Gasteiger partial charge in [0, 0.05) is 16.3 Å². The van der Waals surface area contributed by atoms with E-state index in [0.717, 1.165) is 17.8 Å². The van der Waals surface area contributed by atoms with Crippen molar-refractivity contribution in [3.05, 3.63) is 64.2 Å². The maximum Gasteiger partial charge on any atom is 0.305 e. The van der Waals surface area contributed by atoms with Crippen molar-refractivity contribution in [2.45, 2.75) is 16.9 Å². The molecule has 0 unspecified atom stereocenters. The molecule has 1 amide bonds. The number of carbonyl (C=O) groups is 2. The Morgan fingerprint density at radius 3 is 2.72 bits per heavy atom. The summed E-state index contributed by atoms with van der Waals surface area (Å²) in [6, 6.07) is 8.45. The highest BCUT2D eigenvalue weighted by molar-refractivity contribution is 8.01. The molecule has 0 radical (unpaired) electrons. The van der Waals surface area contributed by atoms with E-state index in [2.05, 4.69) is 5.32 Å². The number of nitrogens with one attached hydrogen (secondary N) is 1. The number of hydrogen-bond donors (Lipinski definition) is 2. The van der Waals surface area contributed by atoms with Gasteiger partial charge in [0.2, 0.25) is 5.91 Å². The van der Waals surface area contributed by atoms with Crippen molar-refractivity contribution in [2.75, 3.05) is 5.32 Å². The minimum atomic E-state index is -1.16. The first-order valence-electron chi connectivity index (χ1n) is 7.28. The average molecular weight is 384 g/mol. The van der Waals surface area contributed by atoms with Crippen LogP contribution in [0.5, 0.6) is 0 Å². The maximum atomic E-state index is 14.4. The quantitative estimate of drug-likeness (QED) is 0.832. The zero-order valence-corrected chi connectivity index (χ0v) is 14.2. The summed E-state index contributed by atoms with van der Waals surface area (Å²) >= 11 is 6.98. The van der Waals surface area contributed by atoms with E-state index in [0.29, 0.717) is 16.3 Å². The molecule has 2 aromatic carbocycles. The van der Waals surface area contributed by atoms with Crippen molar-refractivity contribution in [3.8, 4) is 0 Å². The van der Waals surface area contributed by atoms with Crippen LogP contribution in [0.25, 0.3) is 0 Å². The van der Waals surface area contributed by atoms with Crippen molar-refractivity contribution in [2.24, 2.45) is 0 Å². The molecule has 2 N–H and O–H groups in total. The fourth-order valence-electron chi connectivity index (χ4n) is 2.64.